The first-order valence-corrected chi connectivity index (χ1v) is 6.70. The molecule has 0 bridgehead atoms. The van der Waals surface area contributed by atoms with Gasteiger partial charge in [0.25, 0.3) is 5.91 Å². The van der Waals surface area contributed by atoms with Gasteiger partial charge in [-0.3, -0.25) is 9.69 Å². The first kappa shape index (κ1) is 14.7. The first-order chi connectivity index (χ1) is 9.60. The van der Waals surface area contributed by atoms with E-state index in [1.54, 1.807) is 0 Å². The van der Waals surface area contributed by atoms with Crippen molar-refractivity contribution in [2.75, 3.05) is 32.8 Å². The Morgan fingerprint density at radius 2 is 2.40 bits per heavy atom. The number of phenolic OH excluding ortho intramolecular Hbond substituents is 1. The fourth-order valence-electron chi connectivity index (χ4n) is 2.18. The molecule has 2 rings (SSSR count). The van der Waals surface area contributed by atoms with Gasteiger partial charge in [0.2, 0.25) is 0 Å². The molecule has 110 valence electrons. The van der Waals surface area contributed by atoms with Crippen LogP contribution in [0.25, 0.3) is 0 Å². The number of hydrogen-bond acceptors (Lipinski definition) is 4. The van der Waals surface area contributed by atoms with E-state index < -0.39 is 11.7 Å². The number of aromatic hydroxyl groups is 1. The average molecular weight is 282 g/mol. The molecule has 1 saturated heterocycles. The van der Waals surface area contributed by atoms with E-state index in [1.165, 1.54) is 6.07 Å². The molecule has 1 aromatic carbocycles. The number of benzene rings is 1. The number of hydrogen-bond donors (Lipinski definition) is 2. The van der Waals surface area contributed by atoms with E-state index in [9.17, 15) is 14.3 Å². The quantitative estimate of drug-likeness (QED) is 0.864. The summed E-state index contributed by atoms with van der Waals surface area (Å²) in [4.78, 5) is 14.1. The van der Waals surface area contributed by atoms with Crippen molar-refractivity contribution in [2.24, 2.45) is 0 Å². The zero-order valence-electron chi connectivity index (χ0n) is 11.4. The molecule has 1 amide bonds. The summed E-state index contributed by atoms with van der Waals surface area (Å²) in [5.74, 6) is -1.29. The van der Waals surface area contributed by atoms with E-state index in [0.717, 1.165) is 31.8 Å². The van der Waals surface area contributed by atoms with Gasteiger partial charge >= 0.3 is 0 Å². The summed E-state index contributed by atoms with van der Waals surface area (Å²) < 4.78 is 18.6. The van der Waals surface area contributed by atoms with Crippen LogP contribution in [0.1, 0.15) is 17.3 Å². The Morgan fingerprint density at radius 3 is 3.15 bits per heavy atom. The van der Waals surface area contributed by atoms with E-state index in [0.29, 0.717) is 13.2 Å². The number of morpholine rings is 1. The lowest BCUT2D eigenvalue weighted by Gasteiger charge is -2.32. The highest BCUT2D eigenvalue weighted by Crippen LogP contribution is 2.17. The van der Waals surface area contributed by atoms with Crippen LogP contribution in [0.2, 0.25) is 0 Å². The highest BCUT2D eigenvalue weighted by Gasteiger charge is 2.20. The van der Waals surface area contributed by atoms with Gasteiger partial charge in [-0.2, -0.15) is 0 Å². The number of carbonyl (C=O) groups excluding carboxylic acids is 1. The number of halogens is 1. The highest BCUT2D eigenvalue weighted by molar-refractivity contribution is 5.96. The maximum absolute atomic E-state index is 13.1. The smallest absolute Gasteiger partial charge is 0.255 e. The molecule has 1 aliphatic rings. The Balaban J connectivity index is 1.90. The molecule has 1 atom stereocenters. The lowest BCUT2D eigenvalue weighted by atomic mass is 10.1. The average Bonchev–Trinajstić information content (AvgIpc) is 2.47. The molecule has 1 heterocycles. The minimum Gasteiger partial charge on any atom is -0.507 e. The predicted octanol–water partition coefficient (Wildman–Crippen LogP) is 0.982. The van der Waals surface area contributed by atoms with Gasteiger partial charge in [0, 0.05) is 19.6 Å². The number of ether oxygens (including phenoxy) is 1. The number of likely N-dealkylation sites (N-methyl/N-ethyl adjacent to an activating group) is 1. The number of amides is 1. The van der Waals surface area contributed by atoms with Gasteiger partial charge in [-0.05, 0) is 24.7 Å². The molecule has 0 aliphatic carbocycles. The van der Waals surface area contributed by atoms with Crippen molar-refractivity contribution in [1.29, 1.82) is 0 Å². The molecule has 5 nitrogen and oxygen atoms in total. The normalized spacial score (nSPS) is 19.8. The third kappa shape index (κ3) is 3.68. The summed E-state index contributed by atoms with van der Waals surface area (Å²) in [6.07, 6.45) is -0.0802. The molecule has 1 aliphatic heterocycles. The summed E-state index contributed by atoms with van der Waals surface area (Å²) in [5, 5.41) is 12.2. The van der Waals surface area contributed by atoms with Crippen LogP contribution in [0.4, 0.5) is 4.39 Å². The van der Waals surface area contributed by atoms with Crippen molar-refractivity contribution >= 4 is 5.91 Å². The fourth-order valence-corrected chi connectivity index (χ4v) is 2.18. The fraction of sp³-hybridized carbons (Fsp3) is 0.500. The topological polar surface area (TPSA) is 61.8 Å². The maximum atomic E-state index is 13.1. The van der Waals surface area contributed by atoms with Gasteiger partial charge in [0.1, 0.15) is 11.6 Å². The van der Waals surface area contributed by atoms with Crippen LogP contribution >= 0.6 is 0 Å². The standard InChI is InChI=1S/C14H19FN2O3/c1-2-17-5-6-20-11(9-17)8-16-14(19)12-7-10(15)3-4-13(12)18/h3-4,7,11,18H,2,5-6,8-9H2,1H3,(H,16,19). The number of carbonyl (C=O) groups is 1. The minimum atomic E-state index is -0.556. The van der Waals surface area contributed by atoms with Crippen LogP contribution in [0.15, 0.2) is 18.2 Å². The van der Waals surface area contributed by atoms with Gasteiger partial charge in [-0.1, -0.05) is 6.92 Å². The second-order valence-corrected chi connectivity index (χ2v) is 4.76. The molecular weight excluding hydrogens is 263 g/mol. The van der Waals surface area contributed by atoms with Gasteiger partial charge in [0.15, 0.2) is 0 Å². The van der Waals surface area contributed by atoms with Crippen molar-refractivity contribution < 1.29 is 19.0 Å². The van der Waals surface area contributed by atoms with E-state index in [2.05, 4.69) is 17.1 Å². The van der Waals surface area contributed by atoms with Crippen LogP contribution in [-0.2, 0) is 4.74 Å². The van der Waals surface area contributed by atoms with E-state index >= 15 is 0 Å². The summed E-state index contributed by atoms with van der Waals surface area (Å²) in [7, 11) is 0. The molecule has 0 aromatic heterocycles. The zero-order valence-corrected chi connectivity index (χ0v) is 11.4. The van der Waals surface area contributed by atoms with E-state index in [-0.39, 0.29) is 17.4 Å². The Bertz CT molecular complexity index is 481. The molecular formula is C14H19FN2O3. The van der Waals surface area contributed by atoms with Crippen LogP contribution in [0.3, 0.4) is 0 Å². The summed E-state index contributed by atoms with van der Waals surface area (Å²) in [6, 6.07) is 3.29. The third-order valence-corrected chi connectivity index (χ3v) is 3.36. The lowest BCUT2D eigenvalue weighted by Crippen LogP contribution is -2.47. The second kappa shape index (κ2) is 6.67. The predicted molar refractivity (Wildman–Crippen MR) is 72.3 cm³/mol. The molecule has 1 aromatic rings. The SMILES string of the molecule is CCN1CCOC(CNC(=O)c2cc(F)ccc2O)C1. The molecule has 2 N–H and O–H groups in total. The Kier molecular flexibility index (Phi) is 4.92. The monoisotopic (exact) mass is 282 g/mol. The van der Waals surface area contributed by atoms with Gasteiger partial charge in [0.05, 0.1) is 18.3 Å². The second-order valence-electron chi connectivity index (χ2n) is 4.76. The molecule has 6 heteroatoms. The van der Waals surface area contributed by atoms with Gasteiger partial charge < -0.3 is 15.2 Å². The third-order valence-electron chi connectivity index (χ3n) is 3.36. The Morgan fingerprint density at radius 1 is 1.60 bits per heavy atom. The number of nitrogens with zero attached hydrogens (tertiary/aromatic N) is 1. The minimum absolute atomic E-state index is 0.0619. The summed E-state index contributed by atoms with van der Waals surface area (Å²) >= 11 is 0. The van der Waals surface area contributed by atoms with Crippen LogP contribution in [0, 0.1) is 5.82 Å². The van der Waals surface area contributed by atoms with E-state index in [4.69, 9.17) is 4.74 Å². The van der Waals surface area contributed by atoms with Gasteiger partial charge in [-0.25, -0.2) is 4.39 Å². The Hall–Kier alpha value is -1.66. The zero-order chi connectivity index (χ0) is 14.5. The van der Waals surface area contributed by atoms with E-state index in [1.807, 2.05) is 0 Å². The van der Waals surface area contributed by atoms with Crippen LogP contribution in [-0.4, -0.2) is 54.8 Å². The molecule has 0 spiro atoms. The molecule has 1 unspecified atom stereocenters. The lowest BCUT2D eigenvalue weighted by molar-refractivity contribution is -0.0246. The van der Waals surface area contributed by atoms with Crippen molar-refractivity contribution in [2.45, 2.75) is 13.0 Å². The van der Waals surface area contributed by atoms with Crippen LogP contribution < -0.4 is 5.32 Å². The highest BCUT2D eigenvalue weighted by atomic mass is 19.1. The summed E-state index contributed by atoms with van der Waals surface area (Å²) in [6.45, 7) is 5.65. The van der Waals surface area contributed by atoms with Gasteiger partial charge in [-0.15, -0.1) is 0 Å². The number of phenols is 1. The summed E-state index contributed by atoms with van der Waals surface area (Å²) in [5.41, 5.74) is -0.0619. The van der Waals surface area contributed by atoms with Crippen LogP contribution in [0.5, 0.6) is 5.75 Å². The van der Waals surface area contributed by atoms with Crippen molar-refractivity contribution in [3.63, 3.8) is 0 Å². The largest absolute Gasteiger partial charge is 0.507 e. The van der Waals surface area contributed by atoms with Crippen molar-refractivity contribution in [1.82, 2.24) is 10.2 Å². The molecule has 1 fully saturated rings. The maximum Gasteiger partial charge on any atom is 0.255 e. The number of nitrogens with one attached hydrogen (secondary N) is 1. The molecule has 0 radical (unpaired) electrons. The number of rotatable bonds is 4. The van der Waals surface area contributed by atoms with Crippen molar-refractivity contribution in [3.8, 4) is 5.75 Å². The molecule has 20 heavy (non-hydrogen) atoms. The first-order valence-electron chi connectivity index (χ1n) is 6.70. The Labute approximate surface area is 117 Å². The molecule has 0 saturated carbocycles. The van der Waals surface area contributed by atoms with Crippen molar-refractivity contribution in [3.05, 3.63) is 29.6 Å².